The van der Waals surface area contributed by atoms with Gasteiger partial charge in [0.05, 0.1) is 34.0 Å². The summed E-state index contributed by atoms with van der Waals surface area (Å²) in [6.45, 7) is 4.94. The molecule has 0 spiro atoms. The molecule has 1 aromatic heterocycles. The number of ether oxygens (including phenoxy) is 1. The van der Waals surface area contributed by atoms with Crippen LogP contribution in [-0.2, 0) is 21.2 Å². The van der Waals surface area contributed by atoms with Crippen LogP contribution in [0.1, 0.15) is 25.1 Å². The van der Waals surface area contributed by atoms with E-state index in [1.807, 2.05) is 6.92 Å². The van der Waals surface area contributed by atoms with Gasteiger partial charge in [-0.05, 0) is 48.7 Å². The van der Waals surface area contributed by atoms with Gasteiger partial charge in [-0.15, -0.1) is 0 Å². The third-order valence-electron chi connectivity index (χ3n) is 4.56. The second-order valence-electron chi connectivity index (χ2n) is 6.80. The van der Waals surface area contributed by atoms with E-state index in [1.54, 1.807) is 31.2 Å². The molecule has 0 fully saturated rings. The molecule has 0 aliphatic carbocycles. The maximum atomic E-state index is 13.1. The summed E-state index contributed by atoms with van der Waals surface area (Å²) in [6.07, 6.45) is 0.539. The molecule has 0 radical (unpaired) electrons. The van der Waals surface area contributed by atoms with Gasteiger partial charge < -0.3 is 9.26 Å². The van der Waals surface area contributed by atoms with Gasteiger partial charge in [-0.1, -0.05) is 35.8 Å². The van der Waals surface area contributed by atoms with E-state index in [-0.39, 0.29) is 21.7 Å². The first-order valence-corrected chi connectivity index (χ1v) is 11.3. The van der Waals surface area contributed by atoms with Gasteiger partial charge in [0, 0.05) is 6.92 Å². The predicted molar refractivity (Wildman–Crippen MR) is 119 cm³/mol. The minimum Gasteiger partial charge on any atom is -0.495 e. The number of halogens is 1. The van der Waals surface area contributed by atoms with Crippen LogP contribution in [0.5, 0.6) is 5.75 Å². The van der Waals surface area contributed by atoms with E-state index in [0.29, 0.717) is 40.2 Å². The SMILES string of the molecule is CCc1noc(NC(C)=O)c1-c1ccc(C)c(S(=O)(=O)Nc2ccc(OC)c(Cl)c2)c1. The Morgan fingerprint density at radius 1 is 1.23 bits per heavy atom. The van der Waals surface area contributed by atoms with Crippen molar-refractivity contribution in [3.05, 3.63) is 52.7 Å². The molecule has 0 atom stereocenters. The molecule has 0 aliphatic heterocycles. The maximum absolute atomic E-state index is 13.1. The molecule has 2 aromatic carbocycles. The topological polar surface area (TPSA) is 111 Å². The van der Waals surface area contributed by atoms with Crippen molar-refractivity contribution in [2.24, 2.45) is 0 Å². The van der Waals surface area contributed by atoms with Gasteiger partial charge in [0.1, 0.15) is 5.75 Å². The zero-order chi connectivity index (χ0) is 22.8. The maximum Gasteiger partial charge on any atom is 0.262 e. The highest BCUT2D eigenvalue weighted by Crippen LogP contribution is 2.35. The number of benzene rings is 2. The quantitative estimate of drug-likeness (QED) is 0.528. The fraction of sp³-hybridized carbons (Fsp3) is 0.238. The Morgan fingerprint density at radius 2 is 1.97 bits per heavy atom. The highest BCUT2D eigenvalue weighted by atomic mass is 35.5. The highest BCUT2D eigenvalue weighted by molar-refractivity contribution is 7.92. The Morgan fingerprint density at radius 3 is 2.58 bits per heavy atom. The molecule has 3 aromatic rings. The number of methoxy groups -OCH3 is 1. The van der Waals surface area contributed by atoms with E-state index in [0.717, 1.165) is 0 Å². The molecule has 3 rings (SSSR count). The van der Waals surface area contributed by atoms with Crippen molar-refractivity contribution >= 4 is 39.1 Å². The fourth-order valence-electron chi connectivity index (χ4n) is 3.09. The van der Waals surface area contributed by atoms with E-state index in [9.17, 15) is 13.2 Å². The zero-order valence-electron chi connectivity index (χ0n) is 17.4. The zero-order valence-corrected chi connectivity index (χ0v) is 19.0. The largest absolute Gasteiger partial charge is 0.495 e. The molecule has 0 aliphatic rings. The molecule has 10 heteroatoms. The molecule has 1 heterocycles. The van der Waals surface area contributed by atoms with Crippen LogP contribution in [0, 0.1) is 6.92 Å². The average Bonchev–Trinajstić information content (AvgIpc) is 3.10. The first kappa shape index (κ1) is 22.6. The molecule has 31 heavy (non-hydrogen) atoms. The number of sulfonamides is 1. The molecule has 164 valence electrons. The second kappa shape index (κ2) is 8.99. The smallest absolute Gasteiger partial charge is 0.262 e. The van der Waals surface area contributed by atoms with Gasteiger partial charge in [-0.2, -0.15) is 0 Å². The van der Waals surface area contributed by atoms with Gasteiger partial charge in [0.2, 0.25) is 11.8 Å². The molecule has 1 amide bonds. The van der Waals surface area contributed by atoms with Crippen LogP contribution in [0.2, 0.25) is 5.02 Å². The van der Waals surface area contributed by atoms with Crippen molar-refractivity contribution in [2.75, 3.05) is 17.1 Å². The van der Waals surface area contributed by atoms with Crippen LogP contribution in [0.4, 0.5) is 11.6 Å². The molecular weight excluding hydrogens is 442 g/mol. The number of hydrogen-bond acceptors (Lipinski definition) is 6. The third-order valence-corrected chi connectivity index (χ3v) is 6.38. The minimum absolute atomic E-state index is 0.0777. The number of nitrogens with one attached hydrogen (secondary N) is 2. The number of carbonyl (C=O) groups excluding carboxylic acids is 1. The number of aryl methyl sites for hydroxylation is 2. The summed E-state index contributed by atoms with van der Waals surface area (Å²) in [4.78, 5) is 11.6. The minimum atomic E-state index is -3.94. The van der Waals surface area contributed by atoms with Crippen molar-refractivity contribution in [3.8, 4) is 16.9 Å². The monoisotopic (exact) mass is 463 g/mol. The molecule has 0 saturated carbocycles. The number of nitrogens with zero attached hydrogens (tertiary/aromatic N) is 1. The lowest BCUT2D eigenvalue weighted by Gasteiger charge is -2.13. The van der Waals surface area contributed by atoms with Crippen molar-refractivity contribution in [1.29, 1.82) is 0 Å². The Bertz CT molecular complexity index is 1240. The fourth-order valence-corrected chi connectivity index (χ4v) is 4.67. The molecular formula is C21H22ClN3O5S. The Labute approximate surface area is 185 Å². The summed E-state index contributed by atoms with van der Waals surface area (Å²) >= 11 is 6.11. The van der Waals surface area contributed by atoms with Crippen molar-refractivity contribution in [2.45, 2.75) is 32.1 Å². The molecule has 0 bridgehead atoms. The molecule has 0 unspecified atom stereocenters. The van der Waals surface area contributed by atoms with Crippen LogP contribution < -0.4 is 14.8 Å². The molecule has 8 nitrogen and oxygen atoms in total. The van der Waals surface area contributed by atoms with Gasteiger partial charge in [-0.3, -0.25) is 14.8 Å². The van der Waals surface area contributed by atoms with Crippen LogP contribution in [-0.4, -0.2) is 26.6 Å². The van der Waals surface area contributed by atoms with Crippen LogP contribution >= 0.6 is 11.6 Å². The summed E-state index contributed by atoms with van der Waals surface area (Å²) in [5, 5.41) is 6.87. The Kier molecular flexibility index (Phi) is 6.56. The number of amides is 1. The lowest BCUT2D eigenvalue weighted by atomic mass is 10.0. The number of carbonyl (C=O) groups is 1. The normalized spacial score (nSPS) is 11.3. The van der Waals surface area contributed by atoms with Crippen LogP contribution in [0.3, 0.4) is 0 Å². The standard InChI is InChI=1S/C21H22ClN3O5S/c1-5-17-20(21(30-24-17)23-13(3)26)14-7-6-12(2)19(10-14)31(27,28)25-15-8-9-18(29-4)16(22)11-15/h6-11,25H,5H2,1-4H3,(H,23,26). The predicted octanol–water partition coefficient (Wildman–Crippen LogP) is 4.63. The van der Waals surface area contributed by atoms with E-state index >= 15 is 0 Å². The number of anilines is 2. The third kappa shape index (κ3) is 4.83. The average molecular weight is 464 g/mol. The molecule has 2 N–H and O–H groups in total. The molecule has 0 saturated heterocycles. The number of hydrogen-bond donors (Lipinski definition) is 2. The van der Waals surface area contributed by atoms with Crippen LogP contribution in [0.15, 0.2) is 45.8 Å². The summed E-state index contributed by atoms with van der Waals surface area (Å²) in [6, 6.07) is 9.59. The van der Waals surface area contributed by atoms with Gasteiger partial charge >= 0.3 is 0 Å². The summed E-state index contributed by atoms with van der Waals surface area (Å²) in [5.41, 5.74) is 2.55. The van der Waals surface area contributed by atoms with E-state index in [4.69, 9.17) is 20.9 Å². The Hall–Kier alpha value is -3.04. The van der Waals surface area contributed by atoms with Crippen LogP contribution in [0.25, 0.3) is 11.1 Å². The number of aromatic nitrogens is 1. The first-order chi connectivity index (χ1) is 14.7. The van der Waals surface area contributed by atoms with Crippen molar-refractivity contribution < 1.29 is 22.5 Å². The van der Waals surface area contributed by atoms with E-state index in [1.165, 1.54) is 26.2 Å². The first-order valence-electron chi connectivity index (χ1n) is 9.39. The van der Waals surface area contributed by atoms with Gasteiger partial charge in [0.25, 0.3) is 10.0 Å². The van der Waals surface area contributed by atoms with Gasteiger partial charge in [-0.25, -0.2) is 8.42 Å². The second-order valence-corrected chi connectivity index (χ2v) is 8.86. The van der Waals surface area contributed by atoms with E-state index in [2.05, 4.69) is 15.2 Å². The lowest BCUT2D eigenvalue weighted by Crippen LogP contribution is -2.14. The van der Waals surface area contributed by atoms with E-state index < -0.39 is 10.0 Å². The van der Waals surface area contributed by atoms with Gasteiger partial charge in [0.15, 0.2) is 0 Å². The highest BCUT2D eigenvalue weighted by Gasteiger charge is 2.23. The van der Waals surface area contributed by atoms with Crippen molar-refractivity contribution in [1.82, 2.24) is 5.16 Å². The van der Waals surface area contributed by atoms with Crippen molar-refractivity contribution in [3.63, 3.8) is 0 Å². The summed E-state index contributed by atoms with van der Waals surface area (Å²) in [7, 11) is -2.46. The summed E-state index contributed by atoms with van der Waals surface area (Å²) in [5.74, 6) is 0.289. The Balaban J connectivity index is 2.04. The summed E-state index contributed by atoms with van der Waals surface area (Å²) < 4.78 is 39.2. The number of rotatable bonds is 7. The lowest BCUT2D eigenvalue weighted by molar-refractivity contribution is -0.114.